The number of carbonyl (C=O) groups is 1. The molecule has 21 heavy (non-hydrogen) atoms. The summed E-state index contributed by atoms with van der Waals surface area (Å²) in [6.07, 6.45) is 5.07. The molecule has 2 heteroatoms. The van der Waals surface area contributed by atoms with Crippen molar-refractivity contribution in [3.05, 3.63) is 84.0 Å². The molecule has 0 aromatic heterocycles. The van der Waals surface area contributed by atoms with Crippen LogP contribution in [0.5, 0.6) is 5.75 Å². The van der Waals surface area contributed by atoms with Crippen molar-refractivity contribution < 1.29 is 9.53 Å². The van der Waals surface area contributed by atoms with E-state index in [1.165, 1.54) is 0 Å². The maximum Gasteiger partial charge on any atom is 0.185 e. The second kappa shape index (κ2) is 7.25. The second-order valence-corrected chi connectivity index (χ2v) is 4.74. The molecular formula is C19H18O2. The number of benzene rings is 2. The predicted molar refractivity (Wildman–Crippen MR) is 86.7 cm³/mol. The maximum atomic E-state index is 12.1. The van der Waals surface area contributed by atoms with Gasteiger partial charge in [0.2, 0.25) is 0 Å². The highest BCUT2D eigenvalue weighted by atomic mass is 16.5. The second-order valence-electron chi connectivity index (χ2n) is 4.74. The number of carbonyl (C=O) groups excluding carboxylic acids is 1. The Morgan fingerprint density at radius 1 is 1.19 bits per heavy atom. The Bertz CT molecular complexity index is 652. The quantitative estimate of drug-likeness (QED) is 0.443. The van der Waals surface area contributed by atoms with E-state index in [-0.39, 0.29) is 5.78 Å². The van der Waals surface area contributed by atoms with Crippen LogP contribution in [0.25, 0.3) is 6.08 Å². The van der Waals surface area contributed by atoms with Crippen LogP contribution in [0.4, 0.5) is 0 Å². The Balaban J connectivity index is 2.08. The molecule has 0 unspecified atom stereocenters. The number of hydrogen-bond donors (Lipinski definition) is 0. The summed E-state index contributed by atoms with van der Waals surface area (Å²) in [6, 6.07) is 15.1. The van der Waals surface area contributed by atoms with Crippen LogP contribution >= 0.6 is 0 Å². The lowest BCUT2D eigenvalue weighted by molar-refractivity contribution is 0.104. The number of ketones is 1. The summed E-state index contributed by atoms with van der Waals surface area (Å²) in [4.78, 5) is 12.1. The van der Waals surface area contributed by atoms with Gasteiger partial charge >= 0.3 is 0 Å². The molecule has 2 aromatic carbocycles. The summed E-state index contributed by atoms with van der Waals surface area (Å²) < 4.78 is 5.46. The van der Waals surface area contributed by atoms with Crippen molar-refractivity contribution in [1.29, 1.82) is 0 Å². The third-order valence-electron chi connectivity index (χ3n) is 2.99. The molecule has 0 saturated carbocycles. The van der Waals surface area contributed by atoms with E-state index in [4.69, 9.17) is 4.74 Å². The smallest absolute Gasteiger partial charge is 0.185 e. The monoisotopic (exact) mass is 278 g/mol. The van der Waals surface area contributed by atoms with Crippen molar-refractivity contribution in [3.8, 4) is 5.75 Å². The molecule has 0 bridgehead atoms. The van der Waals surface area contributed by atoms with Gasteiger partial charge in [-0.3, -0.25) is 4.79 Å². The average Bonchev–Trinajstić information content (AvgIpc) is 2.52. The maximum absolute atomic E-state index is 12.1. The van der Waals surface area contributed by atoms with Crippen molar-refractivity contribution in [2.45, 2.75) is 6.92 Å². The summed E-state index contributed by atoms with van der Waals surface area (Å²) in [7, 11) is 0. The number of ether oxygens (including phenoxy) is 1. The molecule has 0 saturated heterocycles. The van der Waals surface area contributed by atoms with E-state index in [9.17, 15) is 4.79 Å². The zero-order valence-corrected chi connectivity index (χ0v) is 12.1. The number of aryl methyl sites for hydroxylation is 1. The van der Waals surface area contributed by atoms with E-state index in [2.05, 4.69) is 6.58 Å². The minimum Gasteiger partial charge on any atom is -0.490 e. The van der Waals surface area contributed by atoms with Crippen LogP contribution in [0.3, 0.4) is 0 Å². The molecule has 0 N–H and O–H groups in total. The first-order chi connectivity index (χ1) is 10.2. The first-order valence-electron chi connectivity index (χ1n) is 6.82. The van der Waals surface area contributed by atoms with Crippen molar-refractivity contribution in [2.24, 2.45) is 0 Å². The topological polar surface area (TPSA) is 26.3 Å². The Hall–Kier alpha value is -2.61. The zero-order valence-electron chi connectivity index (χ0n) is 12.1. The molecule has 106 valence electrons. The first-order valence-corrected chi connectivity index (χ1v) is 6.82. The third-order valence-corrected chi connectivity index (χ3v) is 2.99. The van der Waals surface area contributed by atoms with E-state index in [1.807, 2.05) is 55.5 Å². The lowest BCUT2D eigenvalue weighted by Gasteiger charge is -2.03. The van der Waals surface area contributed by atoms with Crippen LogP contribution in [-0.4, -0.2) is 12.4 Å². The van der Waals surface area contributed by atoms with Crippen molar-refractivity contribution in [1.82, 2.24) is 0 Å². The van der Waals surface area contributed by atoms with Gasteiger partial charge in [0.05, 0.1) is 0 Å². The lowest BCUT2D eigenvalue weighted by Crippen LogP contribution is -1.94. The molecule has 0 aliphatic carbocycles. The molecule has 2 nitrogen and oxygen atoms in total. The standard InChI is InChI=1S/C19H18O2/c1-3-13-21-18-6-4-5-16(14-18)9-12-19(20)17-10-7-15(2)8-11-17/h3-12,14H,1,13H2,2H3/b12-9+. The minimum absolute atomic E-state index is 0.00703. The van der Waals surface area contributed by atoms with Gasteiger partial charge < -0.3 is 4.74 Å². The van der Waals surface area contributed by atoms with E-state index >= 15 is 0 Å². The van der Waals surface area contributed by atoms with E-state index in [0.717, 1.165) is 16.9 Å². The SMILES string of the molecule is C=CCOc1cccc(/C=C/C(=O)c2ccc(C)cc2)c1. The Kier molecular flexibility index (Phi) is 5.10. The minimum atomic E-state index is -0.00703. The Morgan fingerprint density at radius 2 is 1.95 bits per heavy atom. The van der Waals surface area contributed by atoms with Gasteiger partial charge in [0.1, 0.15) is 12.4 Å². The molecular weight excluding hydrogens is 260 g/mol. The van der Waals surface area contributed by atoms with Crippen molar-refractivity contribution in [2.75, 3.05) is 6.61 Å². The molecule has 0 radical (unpaired) electrons. The third kappa shape index (κ3) is 4.46. The highest BCUT2D eigenvalue weighted by Gasteiger charge is 2.01. The van der Waals surface area contributed by atoms with E-state index < -0.39 is 0 Å². The predicted octanol–water partition coefficient (Wildman–Crippen LogP) is 4.46. The van der Waals surface area contributed by atoms with Crippen molar-refractivity contribution in [3.63, 3.8) is 0 Å². The molecule has 0 amide bonds. The number of rotatable bonds is 6. The van der Waals surface area contributed by atoms with Crippen LogP contribution in [0.2, 0.25) is 0 Å². The van der Waals surface area contributed by atoms with Gasteiger partial charge in [0, 0.05) is 5.56 Å². The average molecular weight is 278 g/mol. The van der Waals surface area contributed by atoms with E-state index in [1.54, 1.807) is 18.2 Å². The van der Waals surface area contributed by atoms with Crippen LogP contribution in [0.15, 0.2) is 67.3 Å². The number of hydrogen-bond acceptors (Lipinski definition) is 2. The van der Waals surface area contributed by atoms with Gasteiger partial charge in [-0.25, -0.2) is 0 Å². The van der Waals surface area contributed by atoms with Gasteiger partial charge in [-0.05, 0) is 30.7 Å². The molecule has 0 aliphatic rings. The number of allylic oxidation sites excluding steroid dienone is 1. The van der Waals surface area contributed by atoms with Crippen LogP contribution in [0, 0.1) is 6.92 Å². The fourth-order valence-electron chi connectivity index (χ4n) is 1.85. The molecule has 0 aliphatic heterocycles. The Morgan fingerprint density at radius 3 is 2.67 bits per heavy atom. The summed E-state index contributed by atoms with van der Waals surface area (Å²) in [5.41, 5.74) is 2.76. The summed E-state index contributed by atoms with van der Waals surface area (Å²) >= 11 is 0. The lowest BCUT2D eigenvalue weighted by atomic mass is 10.1. The van der Waals surface area contributed by atoms with Crippen LogP contribution in [0.1, 0.15) is 21.5 Å². The van der Waals surface area contributed by atoms with Crippen LogP contribution < -0.4 is 4.74 Å². The molecule has 0 fully saturated rings. The fraction of sp³-hybridized carbons (Fsp3) is 0.105. The molecule has 0 atom stereocenters. The van der Waals surface area contributed by atoms with Gasteiger partial charge in [-0.1, -0.05) is 60.7 Å². The summed E-state index contributed by atoms with van der Waals surface area (Å²) in [5, 5.41) is 0. The highest BCUT2D eigenvalue weighted by Crippen LogP contribution is 2.15. The zero-order chi connectivity index (χ0) is 15.1. The summed E-state index contributed by atoms with van der Waals surface area (Å²) in [6.45, 7) is 6.08. The fourth-order valence-corrected chi connectivity index (χ4v) is 1.85. The van der Waals surface area contributed by atoms with Gasteiger partial charge in [-0.15, -0.1) is 0 Å². The molecule has 0 spiro atoms. The van der Waals surface area contributed by atoms with Crippen molar-refractivity contribution >= 4 is 11.9 Å². The largest absolute Gasteiger partial charge is 0.490 e. The van der Waals surface area contributed by atoms with Gasteiger partial charge in [0.15, 0.2) is 5.78 Å². The van der Waals surface area contributed by atoms with Crippen LogP contribution in [-0.2, 0) is 0 Å². The van der Waals surface area contributed by atoms with Gasteiger partial charge in [0.25, 0.3) is 0 Å². The normalized spacial score (nSPS) is 10.5. The molecule has 2 rings (SSSR count). The van der Waals surface area contributed by atoms with Gasteiger partial charge in [-0.2, -0.15) is 0 Å². The van der Waals surface area contributed by atoms with E-state index in [0.29, 0.717) is 12.2 Å². The summed E-state index contributed by atoms with van der Waals surface area (Å²) in [5.74, 6) is 0.757. The molecule has 2 aromatic rings. The first kappa shape index (κ1) is 14.8. The molecule has 0 heterocycles. The highest BCUT2D eigenvalue weighted by molar-refractivity contribution is 6.06. The Labute approximate surface area is 125 Å².